The Labute approximate surface area is 167 Å². The van der Waals surface area contributed by atoms with Crippen LogP contribution in [-0.4, -0.2) is 19.4 Å². The number of benzene rings is 2. The Morgan fingerprint density at radius 3 is 2.71 bits per heavy atom. The lowest BCUT2D eigenvalue weighted by molar-refractivity contribution is -0.116. The third kappa shape index (κ3) is 4.82. The monoisotopic (exact) mass is 379 g/mol. The molecular weight excluding hydrogens is 350 g/mol. The van der Waals surface area contributed by atoms with Crippen LogP contribution in [0.2, 0.25) is 0 Å². The molecule has 2 aromatic carbocycles. The van der Waals surface area contributed by atoms with Gasteiger partial charge in [0.1, 0.15) is 6.61 Å². The fourth-order valence-corrected chi connectivity index (χ4v) is 3.61. The normalized spacial score (nSPS) is 15.6. The predicted molar refractivity (Wildman–Crippen MR) is 112 cm³/mol. The summed E-state index contributed by atoms with van der Waals surface area (Å²) in [4.78, 5) is 12.5. The van der Waals surface area contributed by atoms with E-state index >= 15 is 0 Å². The van der Waals surface area contributed by atoms with Crippen LogP contribution in [0, 0.1) is 0 Å². The minimum Gasteiger partial charge on any atom is -0.493 e. The third-order valence-corrected chi connectivity index (χ3v) is 5.16. The number of hydrogen-bond donors (Lipinski definition) is 1. The van der Waals surface area contributed by atoms with Crippen molar-refractivity contribution in [1.82, 2.24) is 5.32 Å². The van der Waals surface area contributed by atoms with Gasteiger partial charge in [0, 0.05) is 12.5 Å². The van der Waals surface area contributed by atoms with Crippen LogP contribution in [0.15, 0.2) is 54.6 Å². The van der Waals surface area contributed by atoms with Crippen molar-refractivity contribution < 1.29 is 14.3 Å². The summed E-state index contributed by atoms with van der Waals surface area (Å²) in [5.41, 5.74) is 4.15. The Bertz CT molecular complexity index is 829. The zero-order valence-corrected chi connectivity index (χ0v) is 16.8. The van der Waals surface area contributed by atoms with Gasteiger partial charge in [-0.05, 0) is 53.8 Å². The molecule has 0 aromatic heterocycles. The Morgan fingerprint density at radius 1 is 1.21 bits per heavy atom. The minimum atomic E-state index is -0.0121. The highest BCUT2D eigenvalue weighted by Crippen LogP contribution is 2.37. The van der Waals surface area contributed by atoms with Crippen LogP contribution in [0.1, 0.15) is 48.9 Å². The zero-order chi connectivity index (χ0) is 19.9. The number of carbonyl (C=O) groups excluding carboxylic acids is 1. The molecule has 0 saturated heterocycles. The Balaban J connectivity index is 1.78. The lowest BCUT2D eigenvalue weighted by atomic mass is 9.89. The van der Waals surface area contributed by atoms with E-state index in [1.807, 2.05) is 36.4 Å². The Hall–Kier alpha value is -2.59. The van der Waals surface area contributed by atoms with E-state index in [9.17, 15) is 4.79 Å². The first kappa shape index (κ1) is 20.2. The minimum absolute atomic E-state index is 0.0121. The van der Waals surface area contributed by atoms with Crippen LogP contribution in [0.4, 0.5) is 0 Å². The van der Waals surface area contributed by atoms with Crippen molar-refractivity contribution in [2.75, 3.05) is 13.7 Å². The first-order chi connectivity index (χ1) is 13.6. The predicted octanol–water partition coefficient (Wildman–Crippen LogP) is 4.78. The maximum atomic E-state index is 12.5. The number of nitrogens with one attached hydrogen (secondary N) is 1. The van der Waals surface area contributed by atoms with Gasteiger partial charge in [0.25, 0.3) is 0 Å². The van der Waals surface area contributed by atoms with Gasteiger partial charge in [0.05, 0.1) is 7.11 Å². The summed E-state index contributed by atoms with van der Waals surface area (Å²) in [7, 11) is 1.65. The van der Waals surface area contributed by atoms with E-state index in [2.05, 4.69) is 24.9 Å². The Morgan fingerprint density at radius 2 is 2.00 bits per heavy atom. The molecule has 1 N–H and O–H groups in total. The second-order valence-electron chi connectivity index (χ2n) is 7.21. The number of rotatable bonds is 9. The molecule has 1 aliphatic heterocycles. The van der Waals surface area contributed by atoms with Gasteiger partial charge in [-0.2, -0.15) is 0 Å². The number of Topliss-reactive ketones (excluding diaryl/α,β-unsaturated/α-hetero) is 1. The van der Waals surface area contributed by atoms with Crippen molar-refractivity contribution in [2.24, 2.45) is 0 Å². The number of fused-ring (bicyclic) bond motifs is 1. The Kier molecular flexibility index (Phi) is 6.88. The van der Waals surface area contributed by atoms with Gasteiger partial charge in [-0.1, -0.05) is 50.3 Å². The van der Waals surface area contributed by atoms with Gasteiger partial charge in [-0.15, -0.1) is 0 Å². The first-order valence-corrected chi connectivity index (χ1v) is 9.94. The van der Waals surface area contributed by atoms with Crippen molar-refractivity contribution in [3.8, 4) is 11.5 Å². The molecule has 2 aromatic rings. The maximum Gasteiger partial charge on any atom is 0.161 e. The number of allylic oxidation sites excluding steroid dienone is 1. The third-order valence-electron chi connectivity index (χ3n) is 5.16. The van der Waals surface area contributed by atoms with E-state index in [1.54, 1.807) is 7.11 Å². The molecule has 148 valence electrons. The number of methoxy groups -OCH3 is 1. The van der Waals surface area contributed by atoms with E-state index in [-0.39, 0.29) is 11.8 Å². The molecule has 0 aliphatic carbocycles. The van der Waals surface area contributed by atoms with E-state index in [0.717, 1.165) is 42.7 Å². The quantitative estimate of drug-likeness (QED) is 0.637. The van der Waals surface area contributed by atoms with Crippen molar-refractivity contribution in [3.63, 3.8) is 0 Å². The second kappa shape index (κ2) is 9.56. The highest BCUT2D eigenvalue weighted by molar-refractivity contribution is 5.95. The smallest absolute Gasteiger partial charge is 0.161 e. The largest absolute Gasteiger partial charge is 0.493 e. The SMILES string of the molecule is C=C(CCC)C(=O)CC1NCCc2cc(OCc3ccccc3)c(OC)cc21. The molecule has 0 bridgehead atoms. The van der Waals surface area contributed by atoms with Gasteiger partial charge in [-0.25, -0.2) is 0 Å². The molecule has 0 saturated carbocycles. The van der Waals surface area contributed by atoms with Crippen LogP contribution in [0.5, 0.6) is 11.5 Å². The summed E-state index contributed by atoms with van der Waals surface area (Å²) in [6.45, 7) is 7.34. The average molecular weight is 380 g/mol. The molecule has 4 nitrogen and oxygen atoms in total. The van der Waals surface area contributed by atoms with Gasteiger partial charge in [-0.3, -0.25) is 4.79 Å². The van der Waals surface area contributed by atoms with Crippen LogP contribution < -0.4 is 14.8 Å². The summed E-state index contributed by atoms with van der Waals surface area (Å²) in [6, 6.07) is 14.1. The number of hydrogen-bond acceptors (Lipinski definition) is 4. The number of ether oxygens (including phenoxy) is 2. The molecule has 0 amide bonds. The van der Waals surface area contributed by atoms with Crippen molar-refractivity contribution in [3.05, 3.63) is 71.3 Å². The first-order valence-electron chi connectivity index (χ1n) is 9.94. The van der Waals surface area contributed by atoms with Crippen molar-refractivity contribution >= 4 is 5.78 Å². The molecule has 0 spiro atoms. The van der Waals surface area contributed by atoms with Gasteiger partial charge in [0.2, 0.25) is 0 Å². The van der Waals surface area contributed by atoms with Gasteiger partial charge < -0.3 is 14.8 Å². The fraction of sp³-hybridized carbons (Fsp3) is 0.375. The second-order valence-corrected chi connectivity index (χ2v) is 7.21. The lowest BCUT2D eigenvalue weighted by Crippen LogP contribution is -2.31. The van der Waals surface area contributed by atoms with E-state index in [4.69, 9.17) is 9.47 Å². The molecule has 1 atom stereocenters. The molecule has 3 rings (SSSR count). The van der Waals surface area contributed by atoms with Gasteiger partial charge in [0.15, 0.2) is 17.3 Å². The van der Waals surface area contributed by atoms with Crippen LogP contribution >= 0.6 is 0 Å². The van der Waals surface area contributed by atoms with Crippen molar-refractivity contribution in [1.29, 1.82) is 0 Å². The molecule has 0 fully saturated rings. The van der Waals surface area contributed by atoms with E-state index < -0.39 is 0 Å². The zero-order valence-electron chi connectivity index (χ0n) is 16.8. The summed E-state index contributed by atoms with van der Waals surface area (Å²) < 4.78 is 11.6. The number of ketones is 1. The topological polar surface area (TPSA) is 47.6 Å². The standard InChI is InChI=1S/C24H29NO3/c1-4-8-17(2)22(26)15-21-20-14-23(27-3)24(13-19(20)11-12-25-21)28-16-18-9-6-5-7-10-18/h5-7,9-10,13-14,21,25H,2,4,8,11-12,15-16H2,1,3H3. The highest BCUT2D eigenvalue weighted by Gasteiger charge is 2.25. The lowest BCUT2D eigenvalue weighted by Gasteiger charge is -2.28. The summed E-state index contributed by atoms with van der Waals surface area (Å²) in [5, 5.41) is 3.47. The van der Waals surface area contributed by atoms with E-state index in [1.165, 1.54) is 5.56 Å². The maximum absolute atomic E-state index is 12.5. The molecule has 1 unspecified atom stereocenters. The summed E-state index contributed by atoms with van der Waals surface area (Å²) >= 11 is 0. The molecular formula is C24H29NO3. The fourth-order valence-electron chi connectivity index (χ4n) is 3.61. The van der Waals surface area contributed by atoms with Gasteiger partial charge >= 0.3 is 0 Å². The molecule has 0 radical (unpaired) electrons. The van der Waals surface area contributed by atoms with Crippen LogP contribution in [0.3, 0.4) is 0 Å². The van der Waals surface area contributed by atoms with Crippen LogP contribution in [0.25, 0.3) is 0 Å². The summed E-state index contributed by atoms with van der Waals surface area (Å²) in [6.07, 6.45) is 3.03. The summed E-state index contributed by atoms with van der Waals surface area (Å²) in [5.74, 6) is 1.58. The van der Waals surface area contributed by atoms with Crippen molar-refractivity contribution in [2.45, 2.75) is 45.3 Å². The molecule has 1 aliphatic rings. The van der Waals surface area contributed by atoms with Crippen LogP contribution in [-0.2, 0) is 17.8 Å². The van der Waals surface area contributed by atoms with E-state index in [0.29, 0.717) is 24.4 Å². The molecule has 28 heavy (non-hydrogen) atoms. The number of carbonyl (C=O) groups is 1. The highest BCUT2D eigenvalue weighted by atomic mass is 16.5. The average Bonchev–Trinajstić information content (AvgIpc) is 2.72. The molecule has 4 heteroatoms. The molecule has 1 heterocycles.